The van der Waals surface area contributed by atoms with Crippen LogP contribution in [0.4, 0.5) is 4.39 Å². The van der Waals surface area contributed by atoms with Gasteiger partial charge in [-0.1, -0.05) is 0 Å². The van der Waals surface area contributed by atoms with Crippen molar-refractivity contribution in [2.45, 2.75) is 4.90 Å². The number of hydrogen-bond donors (Lipinski definition) is 1. The first kappa shape index (κ1) is 16.1. The van der Waals surface area contributed by atoms with E-state index in [1.165, 1.54) is 6.08 Å². The first-order valence-electron chi connectivity index (χ1n) is 4.74. The van der Waals surface area contributed by atoms with E-state index in [1.54, 1.807) is 30.5 Å². The quantitative estimate of drug-likeness (QED) is 0.897. The Hall–Kier alpha value is -0.910. The lowest BCUT2D eigenvalue weighted by Gasteiger charge is -2.05. The topological polar surface area (TPSA) is 52.3 Å². The molecule has 0 aromatic heterocycles. The molecule has 1 aromatic rings. The lowest BCUT2D eigenvalue weighted by molar-refractivity contribution is 0.318. The zero-order valence-corrected chi connectivity index (χ0v) is 11.0. The molecule has 0 aliphatic heterocycles. The maximum Gasteiger partial charge on any atom is 0.139 e. The van der Waals surface area contributed by atoms with Gasteiger partial charge in [0.05, 0.1) is 0 Å². The molecule has 0 radical (unpaired) electrons. The molecule has 17 heavy (non-hydrogen) atoms. The van der Waals surface area contributed by atoms with Crippen LogP contribution in [0.25, 0.3) is 0 Å². The molecular formula is C11H15ClFNO2S. The summed E-state index contributed by atoms with van der Waals surface area (Å²) in [5.74, 6) is 0.139. The van der Waals surface area contributed by atoms with Crippen LogP contribution in [0.3, 0.4) is 0 Å². The van der Waals surface area contributed by atoms with E-state index in [4.69, 9.17) is 10.5 Å². The second kappa shape index (κ2) is 8.22. The Labute approximate surface area is 109 Å². The summed E-state index contributed by atoms with van der Waals surface area (Å²) in [6, 6.07) is 6.70. The molecule has 0 saturated carbocycles. The number of hydrogen-bond acceptors (Lipinski definition) is 3. The lowest BCUT2D eigenvalue weighted by Crippen LogP contribution is -2.01. The van der Waals surface area contributed by atoms with Gasteiger partial charge in [-0.25, -0.2) is 4.39 Å². The van der Waals surface area contributed by atoms with Crippen molar-refractivity contribution in [2.24, 2.45) is 5.73 Å². The molecule has 2 N–H and O–H groups in total. The van der Waals surface area contributed by atoms with Gasteiger partial charge in [0.2, 0.25) is 0 Å². The Morgan fingerprint density at radius 3 is 2.53 bits per heavy atom. The Bertz CT molecular complexity index is 395. The second-order valence-electron chi connectivity index (χ2n) is 3.10. The van der Waals surface area contributed by atoms with Crippen LogP contribution in [0.2, 0.25) is 0 Å². The van der Waals surface area contributed by atoms with Crippen LogP contribution in [0.1, 0.15) is 0 Å². The fourth-order valence-electron chi connectivity index (χ4n) is 1.07. The van der Waals surface area contributed by atoms with Crippen LogP contribution in [0.15, 0.2) is 41.1 Å². The molecule has 0 amide bonds. The van der Waals surface area contributed by atoms with Crippen molar-refractivity contribution >= 4 is 23.2 Å². The summed E-state index contributed by atoms with van der Waals surface area (Å²) in [5, 5.41) is 0. The Kier molecular flexibility index (Phi) is 7.78. The third-order valence-electron chi connectivity index (χ3n) is 1.87. The molecule has 3 nitrogen and oxygen atoms in total. The minimum atomic E-state index is -1.01. The van der Waals surface area contributed by atoms with E-state index in [2.05, 4.69) is 0 Å². The van der Waals surface area contributed by atoms with Crippen molar-refractivity contribution in [3.8, 4) is 5.75 Å². The molecule has 1 unspecified atom stereocenters. The van der Waals surface area contributed by atoms with Gasteiger partial charge in [0.25, 0.3) is 0 Å². The van der Waals surface area contributed by atoms with Gasteiger partial charge >= 0.3 is 0 Å². The molecule has 0 heterocycles. The van der Waals surface area contributed by atoms with E-state index in [9.17, 15) is 8.60 Å². The monoisotopic (exact) mass is 279 g/mol. The van der Waals surface area contributed by atoms with Gasteiger partial charge in [0.1, 0.15) is 18.2 Å². The van der Waals surface area contributed by atoms with Gasteiger partial charge in [-0.15, -0.1) is 12.4 Å². The van der Waals surface area contributed by atoms with Crippen LogP contribution in [0, 0.1) is 0 Å². The van der Waals surface area contributed by atoms with Crippen molar-refractivity contribution in [1.29, 1.82) is 0 Å². The summed E-state index contributed by atoms with van der Waals surface area (Å²) < 4.78 is 29.2. The fourth-order valence-corrected chi connectivity index (χ4v) is 1.59. The summed E-state index contributed by atoms with van der Waals surface area (Å²) in [6.07, 6.45) is 2.86. The molecule has 0 aliphatic rings. The molecule has 0 aliphatic carbocycles. The van der Waals surface area contributed by atoms with Gasteiger partial charge in [-0.3, -0.25) is 4.21 Å². The molecule has 1 rings (SSSR count). The summed E-state index contributed by atoms with van der Waals surface area (Å²) in [4.78, 5) is 0.713. The Morgan fingerprint density at radius 1 is 1.47 bits per heavy atom. The molecular weight excluding hydrogens is 265 g/mol. The van der Waals surface area contributed by atoms with Gasteiger partial charge in [0, 0.05) is 28.5 Å². The molecule has 0 saturated heterocycles. The molecule has 1 aromatic carbocycles. The van der Waals surface area contributed by atoms with Crippen molar-refractivity contribution in [3.63, 3.8) is 0 Å². The normalized spacial score (nSPS) is 12.8. The minimum Gasteiger partial charge on any atom is -0.487 e. The molecule has 1 atom stereocenters. The number of benzene rings is 1. The van der Waals surface area contributed by atoms with Crippen molar-refractivity contribution < 1.29 is 13.3 Å². The Morgan fingerprint density at radius 2 is 2.06 bits per heavy atom. The van der Waals surface area contributed by atoms with Crippen LogP contribution in [0.5, 0.6) is 5.75 Å². The van der Waals surface area contributed by atoms with Crippen LogP contribution in [-0.2, 0) is 10.8 Å². The van der Waals surface area contributed by atoms with Crippen LogP contribution >= 0.6 is 12.4 Å². The highest BCUT2D eigenvalue weighted by molar-refractivity contribution is 7.84. The maximum atomic E-state index is 12.9. The highest BCUT2D eigenvalue weighted by atomic mass is 35.5. The second-order valence-corrected chi connectivity index (χ2v) is 4.48. The Balaban J connectivity index is 0.00000256. The van der Waals surface area contributed by atoms with E-state index in [1.807, 2.05) is 0 Å². The smallest absolute Gasteiger partial charge is 0.139 e. The van der Waals surface area contributed by atoms with Gasteiger partial charge in [-0.2, -0.15) is 0 Å². The molecule has 0 fully saturated rings. The van der Waals surface area contributed by atoms with Gasteiger partial charge in [-0.05, 0) is 30.3 Å². The highest BCUT2D eigenvalue weighted by Gasteiger charge is 1.99. The number of halogens is 2. The first-order valence-corrected chi connectivity index (χ1v) is 6.30. The maximum absolute atomic E-state index is 12.9. The average molecular weight is 280 g/mol. The molecule has 0 bridgehead atoms. The third-order valence-corrected chi connectivity index (χ3v) is 2.81. The number of rotatable bonds is 5. The SMILES string of the molecule is CS(=O)c1ccc(OC/C(F)=C\CN)cc1.Cl. The molecule has 96 valence electrons. The van der Waals surface area contributed by atoms with Crippen LogP contribution < -0.4 is 10.5 Å². The number of ether oxygens (including phenoxy) is 1. The lowest BCUT2D eigenvalue weighted by atomic mass is 10.3. The summed E-state index contributed by atoms with van der Waals surface area (Å²) in [5.41, 5.74) is 5.15. The standard InChI is InChI=1S/C11H14FNO2S.ClH/c1-16(14)11-4-2-10(3-5-11)15-8-9(12)6-7-13;/h2-6H,7-8,13H2,1H3;1H/b9-6+;. The number of nitrogens with two attached hydrogens (primary N) is 1. The van der Waals surface area contributed by atoms with E-state index in [-0.39, 0.29) is 25.6 Å². The zero-order chi connectivity index (χ0) is 12.0. The van der Waals surface area contributed by atoms with E-state index >= 15 is 0 Å². The van der Waals surface area contributed by atoms with E-state index in [0.717, 1.165) is 0 Å². The van der Waals surface area contributed by atoms with Gasteiger partial charge in [0.15, 0.2) is 0 Å². The van der Waals surface area contributed by atoms with Crippen LogP contribution in [-0.4, -0.2) is 23.6 Å². The molecule has 0 spiro atoms. The van der Waals surface area contributed by atoms with E-state index < -0.39 is 16.6 Å². The highest BCUT2D eigenvalue weighted by Crippen LogP contribution is 2.15. The largest absolute Gasteiger partial charge is 0.487 e. The summed E-state index contributed by atoms with van der Waals surface area (Å²) >= 11 is 0. The van der Waals surface area contributed by atoms with E-state index in [0.29, 0.717) is 10.6 Å². The van der Waals surface area contributed by atoms with Gasteiger partial charge < -0.3 is 10.5 Å². The molecule has 6 heteroatoms. The van der Waals surface area contributed by atoms with Crippen molar-refractivity contribution in [2.75, 3.05) is 19.4 Å². The fraction of sp³-hybridized carbons (Fsp3) is 0.273. The predicted octanol–water partition coefficient (Wildman–Crippen LogP) is 2.04. The summed E-state index contributed by atoms with van der Waals surface area (Å²) in [7, 11) is -1.01. The summed E-state index contributed by atoms with van der Waals surface area (Å²) in [6.45, 7) is 0.0225. The first-order chi connectivity index (χ1) is 7.63. The third kappa shape index (κ3) is 5.81. The predicted molar refractivity (Wildman–Crippen MR) is 69.8 cm³/mol. The average Bonchev–Trinajstić information content (AvgIpc) is 2.27. The minimum absolute atomic E-state index is 0. The van der Waals surface area contributed by atoms with Crippen molar-refractivity contribution in [1.82, 2.24) is 0 Å². The zero-order valence-electron chi connectivity index (χ0n) is 9.39. The van der Waals surface area contributed by atoms with Crippen molar-refractivity contribution in [3.05, 3.63) is 36.2 Å².